The number of rotatable bonds is 0. The van der Waals surface area contributed by atoms with E-state index in [0.29, 0.717) is 0 Å². The van der Waals surface area contributed by atoms with Crippen molar-refractivity contribution < 1.29 is 0 Å². The van der Waals surface area contributed by atoms with Crippen molar-refractivity contribution in [3.63, 3.8) is 0 Å². The molecule has 60 valence electrons. The summed E-state index contributed by atoms with van der Waals surface area (Å²) in [5.41, 5.74) is 5.28. The van der Waals surface area contributed by atoms with E-state index in [2.05, 4.69) is 36.5 Å². The summed E-state index contributed by atoms with van der Waals surface area (Å²) in [4.78, 5) is 0. The monoisotopic (exact) mass is 164 g/mol. The van der Waals surface area contributed by atoms with Crippen LogP contribution in [0, 0.1) is 12.2 Å². The van der Waals surface area contributed by atoms with Crippen LogP contribution in [0.5, 0.6) is 0 Å². The van der Waals surface area contributed by atoms with Gasteiger partial charge in [-0.15, -0.1) is 0 Å². The minimum atomic E-state index is 0.891. The van der Waals surface area contributed by atoms with Crippen molar-refractivity contribution in [1.29, 1.82) is 0 Å². The lowest BCUT2D eigenvalue weighted by atomic mass is 9.97. The summed E-state index contributed by atoms with van der Waals surface area (Å²) in [6.45, 7) is 0. The molecule has 0 amide bonds. The topological polar surface area (TPSA) is 0 Å². The Morgan fingerprint density at radius 3 is 2.31 bits per heavy atom. The molecule has 13 heavy (non-hydrogen) atoms. The molecular weight excluding hydrogens is 156 g/mol. The van der Waals surface area contributed by atoms with E-state index < -0.39 is 0 Å². The van der Waals surface area contributed by atoms with Gasteiger partial charge in [0.15, 0.2) is 0 Å². The third-order valence-corrected chi connectivity index (χ3v) is 2.50. The van der Waals surface area contributed by atoms with E-state index >= 15 is 0 Å². The van der Waals surface area contributed by atoms with E-state index in [0.717, 1.165) is 6.42 Å². The maximum atomic E-state index is 3.28. The Bertz CT molecular complexity index is 411. The van der Waals surface area contributed by atoms with Crippen LogP contribution in [0.4, 0.5) is 0 Å². The van der Waals surface area contributed by atoms with E-state index in [1.807, 2.05) is 12.2 Å². The Kier molecular flexibility index (Phi) is 1.31. The number of fused-ring (bicyclic) bond motifs is 2. The first-order valence-electron chi connectivity index (χ1n) is 4.44. The molecule has 3 aliphatic rings. The average molecular weight is 164 g/mol. The van der Waals surface area contributed by atoms with Gasteiger partial charge in [0, 0.05) is 0 Å². The van der Waals surface area contributed by atoms with Crippen molar-refractivity contribution in [2.75, 3.05) is 0 Å². The van der Waals surface area contributed by atoms with Crippen LogP contribution in [0.2, 0.25) is 0 Å². The third kappa shape index (κ3) is 0.919. The number of allylic oxidation sites excluding steroid dienone is 12. The predicted molar refractivity (Wildman–Crippen MR) is 52.6 cm³/mol. The normalized spacial score (nSPS) is 22.8. The minimum Gasteiger partial charge on any atom is -0.0578 e. The van der Waals surface area contributed by atoms with Gasteiger partial charge in [-0.05, 0) is 40.9 Å². The van der Waals surface area contributed by atoms with Gasteiger partial charge in [0.25, 0.3) is 0 Å². The fourth-order valence-corrected chi connectivity index (χ4v) is 1.89. The molecule has 3 rings (SSSR count). The Labute approximate surface area is 78.0 Å². The van der Waals surface area contributed by atoms with Crippen molar-refractivity contribution >= 4 is 0 Å². The van der Waals surface area contributed by atoms with Crippen molar-refractivity contribution in [2.24, 2.45) is 0 Å². The molecular formula is C13H8. The molecule has 0 unspecified atom stereocenters. The highest BCUT2D eigenvalue weighted by atomic mass is 14.2. The van der Waals surface area contributed by atoms with Gasteiger partial charge in [0.2, 0.25) is 0 Å². The first kappa shape index (κ1) is 6.90. The molecule has 2 bridgehead atoms. The Morgan fingerprint density at radius 1 is 1.00 bits per heavy atom. The van der Waals surface area contributed by atoms with Gasteiger partial charge in [-0.3, -0.25) is 0 Å². The van der Waals surface area contributed by atoms with Crippen molar-refractivity contribution in [2.45, 2.75) is 6.42 Å². The minimum absolute atomic E-state index is 0.891. The molecule has 3 aliphatic carbocycles. The molecule has 0 aromatic rings. The van der Waals surface area contributed by atoms with E-state index in [1.54, 1.807) is 0 Å². The molecule has 0 nitrogen and oxygen atoms in total. The summed E-state index contributed by atoms with van der Waals surface area (Å²) in [6.07, 6.45) is 19.9. The molecule has 0 fully saturated rings. The van der Waals surface area contributed by atoms with Crippen LogP contribution in [0.3, 0.4) is 0 Å². The SMILES string of the molecule is [C]1=CC=[C]C(=C2C3=CC=C2C=C3)C1. The summed E-state index contributed by atoms with van der Waals surface area (Å²) in [5.74, 6) is 0. The zero-order valence-electron chi connectivity index (χ0n) is 7.17. The fraction of sp³-hybridized carbons (Fsp3) is 0.0769. The van der Waals surface area contributed by atoms with Crippen LogP contribution < -0.4 is 0 Å². The predicted octanol–water partition coefficient (Wildman–Crippen LogP) is 2.84. The molecule has 0 aromatic carbocycles. The van der Waals surface area contributed by atoms with E-state index in [4.69, 9.17) is 0 Å². The molecule has 0 saturated heterocycles. The van der Waals surface area contributed by atoms with Crippen molar-refractivity contribution in [1.82, 2.24) is 0 Å². The lowest BCUT2D eigenvalue weighted by Gasteiger charge is -2.06. The highest BCUT2D eigenvalue weighted by Gasteiger charge is 2.20. The highest BCUT2D eigenvalue weighted by Crippen LogP contribution is 2.38. The standard InChI is InChI=1S/C13H8/c1-2-4-10(5-3-1)13-11-6-7-12(13)9-8-11/h1-2,6-9H,5H2. The highest BCUT2D eigenvalue weighted by molar-refractivity contribution is 5.71. The zero-order chi connectivity index (χ0) is 8.67. The van der Waals surface area contributed by atoms with Crippen molar-refractivity contribution in [3.05, 3.63) is 70.9 Å². The molecule has 0 atom stereocenters. The molecule has 0 aliphatic heterocycles. The maximum absolute atomic E-state index is 3.28. The molecule has 0 heterocycles. The summed E-state index contributed by atoms with van der Waals surface area (Å²) in [7, 11) is 0. The number of hydrogen-bond donors (Lipinski definition) is 0. The molecule has 0 N–H and O–H groups in total. The Hall–Kier alpha value is -1.56. The first-order chi connectivity index (χ1) is 6.45. The van der Waals surface area contributed by atoms with Gasteiger partial charge in [0.05, 0.1) is 0 Å². The lowest BCUT2D eigenvalue weighted by molar-refractivity contribution is 1.18. The van der Waals surface area contributed by atoms with Crippen LogP contribution in [-0.2, 0) is 0 Å². The smallest absolute Gasteiger partial charge is 0.00104 e. The van der Waals surface area contributed by atoms with Crippen LogP contribution in [-0.4, -0.2) is 0 Å². The van der Waals surface area contributed by atoms with Gasteiger partial charge >= 0.3 is 0 Å². The van der Waals surface area contributed by atoms with E-state index in [1.165, 1.54) is 22.3 Å². The maximum Gasteiger partial charge on any atom is -0.00104 e. The zero-order valence-corrected chi connectivity index (χ0v) is 7.17. The number of hydrogen-bond acceptors (Lipinski definition) is 0. The van der Waals surface area contributed by atoms with Crippen LogP contribution in [0.15, 0.2) is 58.7 Å². The summed E-state index contributed by atoms with van der Waals surface area (Å²) in [6, 6.07) is 0. The largest absolute Gasteiger partial charge is 0.0578 e. The summed E-state index contributed by atoms with van der Waals surface area (Å²) >= 11 is 0. The van der Waals surface area contributed by atoms with E-state index in [9.17, 15) is 0 Å². The fourth-order valence-electron chi connectivity index (χ4n) is 1.89. The molecule has 0 aromatic heterocycles. The molecule has 0 spiro atoms. The molecule has 0 heteroatoms. The second-order valence-electron chi connectivity index (χ2n) is 3.29. The van der Waals surface area contributed by atoms with Crippen LogP contribution >= 0.6 is 0 Å². The summed E-state index contributed by atoms with van der Waals surface area (Å²) < 4.78 is 0. The molecule has 2 radical (unpaired) electrons. The van der Waals surface area contributed by atoms with Crippen molar-refractivity contribution in [3.8, 4) is 0 Å². The second-order valence-corrected chi connectivity index (χ2v) is 3.29. The molecule has 0 saturated carbocycles. The lowest BCUT2D eigenvalue weighted by Crippen LogP contribution is -1.90. The Balaban J connectivity index is 2.13. The van der Waals surface area contributed by atoms with Gasteiger partial charge < -0.3 is 0 Å². The van der Waals surface area contributed by atoms with Gasteiger partial charge in [-0.1, -0.05) is 36.5 Å². The average Bonchev–Trinajstić information content (AvgIpc) is 2.78. The quantitative estimate of drug-likeness (QED) is 0.516. The van der Waals surface area contributed by atoms with E-state index in [-0.39, 0.29) is 0 Å². The third-order valence-electron chi connectivity index (χ3n) is 2.50. The Morgan fingerprint density at radius 2 is 1.77 bits per heavy atom. The van der Waals surface area contributed by atoms with Gasteiger partial charge in [-0.2, -0.15) is 0 Å². The van der Waals surface area contributed by atoms with Gasteiger partial charge in [-0.25, -0.2) is 0 Å². The first-order valence-corrected chi connectivity index (χ1v) is 4.44. The van der Waals surface area contributed by atoms with Gasteiger partial charge in [0.1, 0.15) is 0 Å². The van der Waals surface area contributed by atoms with Crippen LogP contribution in [0.25, 0.3) is 0 Å². The van der Waals surface area contributed by atoms with Crippen LogP contribution in [0.1, 0.15) is 6.42 Å². The summed E-state index contributed by atoms with van der Waals surface area (Å²) in [5, 5.41) is 0. The second kappa shape index (κ2) is 2.46.